The van der Waals surface area contributed by atoms with Gasteiger partial charge in [-0.25, -0.2) is 4.98 Å². The second kappa shape index (κ2) is 4.01. The smallest absolute Gasteiger partial charge is 0.258 e. The molecule has 2 rings (SSSR count). The van der Waals surface area contributed by atoms with Gasteiger partial charge in [0.05, 0.1) is 11.8 Å². The van der Waals surface area contributed by atoms with E-state index in [4.69, 9.17) is 5.73 Å². The molecule has 0 aliphatic heterocycles. The summed E-state index contributed by atoms with van der Waals surface area (Å²) in [6.45, 7) is 0. The van der Waals surface area contributed by atoms with Crippen molar-refractivity contribution in [1.82, 2.24) is 14.8 Å². The van der Waals surface area contributed by atoms with E-state index >= 15 is 0 Å². The van der Waals surface area contributed by atoms with Gasteiger partial charge in [-0.15, -0.1) is 0 Å². The summed E-state index contributed by atoms with van der Waals surface area (Å²) in [5.74, 6) is 0.773. The van der Waals surface area contributed by atoms with E-state index in [0.29, 0.717) is 17.2 Å². The molecule has 3 N–H and O–H groups in total. The van der Waals surface area contributed by atoms with Crippen LogP contribution in [-0.2, 0) is 7.05 Å². The Kier molecular flexibility index (Phi) is 2.55. The Labute approximate surface area is 92.1 Å². The zero-order valence-electron chi connectivity index (χ0n) is 8.71. The number of rotatable bonds is 2. The van der Waals surface area contributed by atoms with Crippen LogP contribution in [0.2, 0.25) is 0 Å². The second-order valence-electron chi connectivity index (χ2n) is 3.27. The van der Waals surface area contributed by atoms with Gasteiger partial charge >= 0.3 is 0 Å². The molecule has 0 saturated carbocycles. The number of amides is 1. The molecule has 6 nitrogen and oxygen atoms in total. The maximum absolute atomic E-state index is 11.7. The Bertz CT molecular complexity index is 502. The molecule has 0 unspecified atom stereocenters. The van der Waals surface area contributed by atoms with Crippen LogP contribution in [0.1, 0.15) is 10.4 Å². The molecule has 0 atom stereocenters. The van der Waals surface area contributed by atoms with E-state index in [2.05, 4.69) is 15.4 Å². The predicted octanol–water partition coefficient (Wildman–Crippen LogP) is 0.650. The van der Waals surface area contributed by atoms with Crippen molar-refractivity contribution in [3.63, 3.8) is 0 Å². The van der Waals surface area contributed by atoms with E-state index in [1.807, 2.05) is 0 Å². The third-order valence-corrected chi connectivity index (χ3v) is 2.11. The molecule has 2 aromatic heterocycles. The summed E-state index contributed by atoms with van der Waals surface area (Å²) in [6.07, 6.45) is 3.04. The number of anilines is 2. The SMILES string of the molecule is Cn1nccc1NC(=O)c1ccc(N)nc1. The molecule has 0 aromatic carbocycles. The summed E-state index contributed by atoms with van der Waals surface area (Å²) >= 11 is 0. The molecule has 0 saturated heterocycles. The van der Waals surface area contributed by atoms with E-state index < -0.39 is 0 Å². The van der Waals surface area contributed by atoms with Crippen molar-refractivity contribution in [2.75, 3.05) is 11.1 Å². The summed E-state index contributed by atoms with van der Waals surface area (Å²) in [5.41, 5.74) is 5.88. The number of pyridine rings is 1. The lowest BCUT2D eigenvalue weighted by atomic mass is 10.2. The highest BCUT2D eigenvalue weighted by Crippen LogP contribution is 2.07. The van der Waals surface area contributed by atoms with Crippen molar-refractivity contribution in [2.24, 2.45) is 7.05 Å². The number of nitrogens with zero attached hydrogens (tertiary/aromatic N) is 3. The number of carbonyl (C=O) groups excluding carboxylic acids is 1. The topological polar surface area (TPSA) is 85.8 Å². The van der Waals surface area contributed by atoms with Crippen LogP contribution < -0.4 is 11.1 Å². The molecule has 0 radical (unpaired) electrons. The van der Waals surface area contributed by atoms with Gasteiger partial charge in [-0.05, 0) is 12.1 Å². The van der Waals surface area contributed by atoms with Crippen molar-refractivity contribution in [2.45, 2.75) is 0 Å². The highest BCUT2D eigenvalue weighted by Gasteiger charge is 2.07. The number of hydrogen-bond donors (Lipinski definition) is 2. The predicted molar refractivity (Wildman–Crippen MR) is 59.8 cm³/mol. The third-order valence-electron chi connectivity index (χ3n) is 2.11. The van der Waals surface area contributed by atoms with Gasteiger partial charge < -0.3 is 11.1 Å². The molecular weight excluding hydrogens is 206 g/mol. The Morgan fingerprint density at radius 1 is 1.44 bits per heavy atom. The molecule has 0 spiro atoms. The minimum Gasteiger partial charge on any atom is -0.384 e. The van der Waals surface area contributed by atoms with Gasteiger partial charge in [0, 0.05) is 19.3 Å². The van der Waals surface area contributed by atoms with Crippen LogP contribution in [-0.4, -0.2) is 20.7 Å². The number of aromatic nitrogens is 3. The molecular formula is C10H11N5O. The van der Waals surface area contributed by atoms with Crippen LogP contribution in [0.5, 0.6) is 0 Å². The largest absolute Gasteiger partial charge is 0.384 e. The molecule has 0 aliphatic carbocycles. The monoisotopic (exact) mass is 217 g/mol. The fourth-order valence-electron chi connectivity index (χ4n) is 1.22. The first-order valence-electron chi connectivity index (χ1n) is 4.67. The van der Waals surface area contributed by atoms with Crippen molar-refractivity contribution >= 4 is 17.5 Å². The van der Waals surface area contributed by atoms with E-state index in [-0.39, 0.29) is 5.91 Å². The van der Waals surface area contributed by atoms with Crippen LogP contribution >= 0.6 is 0 Å². The minimum absolute atomic E-state index is 0.240. The molecule has 1 amide bonds. The Morgan fingerprint density at radius 3 is 2.81 bits per heavy atom. The molecule has 2 aromatic rings. The Balaban J connectivity index is 2.15. The Hall–Kier alpha value is -2.37. The summed E-state index contributed by atoms with van der Waals surface area (Å²) in [6, 6.07) is 4.91. The van der Waals surface area contributed by atoms with Crippen molar-refractivity contribution in [3.8, 4) is 0 Å². The van der Waals surface area contributed by atoms with Gasteiger partial charge in [-0.2, -0.15) is 5.10 Å². The highest BCUT2D eigenvalue weighted by molar-refractivity contribution is 6.03. The van der Waals surface area contributed by atoms with Crippen LogP contribution in [0.3, 0.4) is 0 Å². The first kappa shape index (κ1) is 10.2. The maximum atomic E-state index is 11.7. The average Bonchev–Trinajstić information content (AvgIpc) is 2.65. The van der Waals surface area contributed by atoms with Crippen LogP contribution in [0.15, 0.2) is 30.6 Å². The molecule has 0 fully saturated rings. The zero-order valence-corrected chi connectivity index (χ0v) is 8.71. The fourth-order valence-corrected chi connectivity index (χ4v) is 1.22. The van der Waals surface area contributed by atoms with Crippen LogP contribution in [0.4, 0.5) is 11.6 Å². The van der Waals surface area contributed by atoms with E-state index in [0.717, 1.165) is 0 Å². The quantitative estimate of drug-likeness (QED) is 0.773. The molecule has 82 valence electrons. The maximum Gasteiger partial charge on any atom is 0.258 e. The summed E-state index contributed by atoms with van der Waals surface area (Å²) in [7, 11) is 1.75. The lowest BCUT2D eigenvalue weighted by Gasteiger charge is -2.04. The lowest BCUT2D eigenvalue weighted by molar-refractivity contribution is 0.102. The Morgan fingerprint density at radius 2 is 2.25 bits per heavy atom. The van der Waals surface area contributed by atoms with Crippen molar-refractivity contribution in [1.29, 1.82) is 0 Å². The van der Waals surface area contributed by atoms with Gasteiger partial charge in [0.1, 0.15) is 11.6 Å². The van der Waals surface area contributed by atoms with Crippen LogP contribution in [0, 0.1) is 0 Å². The third kappa shape index (κ3) is 2.00. The van der Waals surface area contributed by atoms with E-state index in [1.54, 1.807) is 36.1 Å². The number of nitrogen functional groups attached to an aromatic ring is 1. The number of hydrogen-bond acceptors (Lipinski definition) is 4. The number of nitrogens with two attached hydrogens (primary N) is 1. The highest BCUT2D eigenvalue weighted by atomic mass is 16.1. The molecule has 2 heterocycles. The second-order valence-corrected chi connectivity index (χ2v) is 3.27. The normalized spacial score (nSPS) is 10.1. The zero-order chi connectivity index (χ0) is 11.5. The standard InChI is InChI=1S/C10H11N5O/c1-15-9(4-5-13-15)14-10(16)7-2-3-8(11)12-6-7/h2-6H,1H3,(H2,11,12)(H,14,16). The number of nitrogens with one attached hydrogen (secondary N) is 1. The molecule has 0 bridgehead atoms. The van der Waals surface area contributed by atoms with Crippen molar-refractivity contribution < 1.29 is 4.79 Å². The van der Waals surface area contributed by atoms with E-state index in [1.165, 1.54) is 6.20 Å². The van der Waals surface area contributed by atoms with Gasteiger partial charge in [-0.3, -0.25) is 9.48 Å². The summed E-state index contributed by atoms with van der Waals surface area (Å²) in [4.78, 5) is 15.6. The van der Waals surface area contributed by atoms with Gasteiger partial charge in [0.15, 0.2) is 0 Å². The summed E-state index contributed by atoms with van der Waals surface area (Å²) < 4.78 is 1.57. The fraction of sp³-hybridized carbons (Fsp3) is 0.100. The number of aryl methyl sites for hydroxylation is 1. The van der Waals surface area contributed by atoms with Gasteiger partial charge in [-0.1, -0.05) is 0 Å². The van der Waals surface area contributed by atoms with Crippen LogP contribution in [0.25, 0.3) is 0 Å². The first-order valence-corrected chi connectivity index (χ1v) is 4.67. The molecule has 16 heavy (non-hydrogen) atoms. The number of carbonyl (C=O) groups is 1. The van der Waals surface area contributed by atoms with Gasteiger partial charge in [0.25, 0.3) is 5.91 Å². The first-order chi connectivity index (χ1) is 7.66. The molecule has 0 aliphatic rings. The lowest BCUT2D eigenvalue weighted by Crippen LogP contribution is -2.14. The average molecular weight is 217 g/mol. The summed E-state index contributed by atoms with van der Waals surface area (Å²) in [5, 5.41) is 6.65. The van der Waals surface area contributed by atoms with E-state index in [9.17, 15) is 4.79 Å². The minimum atomic E-state index is -0.240. The van der Waals surface area contributed by atoms with Crippen molar-refractivity contribution in [3.05, 3.63) is 36.2 Å². The molecule has 6 heteroatoms. The van der Waals surface area contributed by atoms with Gasteiger partial charge in [0.2, 0.25) is 0 Å².